The van der Waals surface area contributed by atoms with Crippen molar-refractivity contribution in [1.29, 1.82) is 0 Å². The van der Waals surface area contributed by atoms with E-state index in [0.717, 1.165) is 23.7 Å². The molecule has 5 heteroatoms. The Kier molecular flexibility index (Phi) is 2.41. The largest absolute Gasteiger partial charge is 0.416 e. The Hall–Kier alpha value is -1.07. The lowest BCUT2D eigenvalue weighted by molar-refractivity contribution is -0.137. The number of rotatable bonds is 0. The third kappa shape index (κ3) is 1.83. The van der Waals surface area contributed by atoms with Crippen LogP contribution in [0.1, 0.15) is 22.7 Å². The molecule has 1 saturated heterocycles. The number of morpholine rings is 1. The Labute approximate surface area is 96.8 Å². The van der Waals surface area contributed by atoms with Gasteiger partial charge in [0, 0.05) is 13.0 Å². The molecule has 2 aliphatic rings. The third-order valence-electron chi connectivity index (χ3n) is 3.40. The van der Waals surface area contributed by atoms with Gasteiger partial charge in [-0.3, -0.25) is 0 Å². The first-order valence-corrected chi connectivity index (χ1v) is 5.61. The quantitative estimate of drug-likeness (QED) is 0.754. The normalized spacial score (nSPS) is 27.7. The molecule has 92 valence electrons. The maximum Gasteiger partial charge on any atom is 0.416 e. The highest BCUT2D eigenvalue weighted by Gasteiger charge is 2.38. The van der Waals surface area contributed by atoms with E-state index < -0.39 is 11.7 Å². The molecule has 17 heavy (non-hydrogen) atoms. The van der Waals surface area contributed by atoms with Crippen molar-refractivity contribution in [2.45, 2.75) is 24.7 Å². The lowest BCUT2D eigenvalue weighted by atomic mass is 10.0. The van der Waals surface area contributed by atoms with Gasteiger partial charge in [0.15, 0.2) is 0 Å². The maximum absolute atomic E-state index is 12.6. The zero-order valence-electron chi connectivity index (χ0n) is 9.05. The van der Waals surface area contributed by atoms with Crippen LogP contribution < -0.4 is 5.32 Å². The van der Waals surface area contributed by atoms with Gasteiger partial charge in [0.2, 0.25) is 0 Å². The maximum atomic E-state index is 12.6. The topological polar surface area (TPSA) is 21.3 Å². The number of hydrogen-bond donors (Lipinski definition) is 1. The fraction of sp³-hybridized carbons (Fsp3) is 0.500. The van der Waals surface area contributed by atoms with E-state index in [9.17, 15) is 13.2 Å². The SMILES string of the molecule is FC(F)(F)c1ccc2c(c1)C[C@H]1OCCN[C@@H]21. The van der Waals surface area contributed by atoms with Crippen LogP contribution in [0, 0.1) is 0 Å². The summed E-state index contributed by atoms with van der Waals surface area (Å²) in [5.74, 6) is 0. The highest BCUT2D eigenvalue weighted by molar-refractivity contribution is 5.40. The van der Waals surface area contributed by atoms with Crippen molar-refractivity contribution in [3.8, 4) is 0 Å². The van der Waals surface area contributed by atoms with Crippen LogP contribution in [0.4, 0.5) is 13.2 Å². The molecular weight excluding hydrogens is 231 g/mol. The fourth-order valence-corrected chi connectivity index (χ4v) is 2.62. The predicted molar refractivity (Wildman–Crippen MR) is 55.6 cm³/mol. The molecule has 1 N–H and O–H groups in total. The van der Waals surface area contributed by atoms with Crippen LogP contribution in [0.3, 0.4) is 0 Å². The van der Waals surface area contributed by atoms with Gasteiger partial charge < -0.3 is 10.1 Å². The number of fused-ring (bicyclic) bond motifs is 3. The van der Waals surface area contributed by atoms with Crippen molar-refractivity contribution >= 4 is 0 Å². The number of ether oxygens (including phenoxy) is 1. The molecule has 0 amide bonds. The molecule has 1 aromatic carbocycles. The van der Waals surface area contributed by atoms with E-state index in [2.05, 4.69) is 5.32 Å². The number of alkyl halides is 3. The van der Waals surface area contributed by atoms with Gasteiger partial charge in [0.1, 0.15) is 0 Å². The van der Waals surface area contributed by atoms with E-state index in [1.54, 1.807) is 6.07 Å². The van der Waals surface area contributed by atoms with Crippen LogP contribution in [0.25, 0.3) is 0 Å². The van der Waals surface area contributed by atoms with Crippen LogP contribution in [-0.2, 0) is 17.3 Å². The smallest absolute Gasteiger partial charge is 0.375 e. The van der Waals surface area contributed by atoms with Gasteiger partial charge in [0.25, 0.3) is 0 Å². The molecule has 1 aliphatic heterocycles. The Morgan fingerprint density at radius 2 is 2.12 bits per heavy atom. The van der Waals surface area contributed by atoms with Gasteiger partial charge >= 0.3 is 6.18 Å². The van der Waals surface area contributed by atoms with Crippen molar-refractivity contribution in [1.82, 2.24) is 5.32 Å². The van der Waals surface area contributed by atoms with Crippen molar-refractivity contribution < 1.29 is 17.9 Å². The van der Waals surface area contributed by atoms with Crippen molar-refractivity contribution in [2.24, 2.45) is 0 Å². The van der Waals surface area contributed by atoms with Gasteiger partial charge in [0.05, 0.1) is 24.3 Å². The number of hydrogen-bond acceptors (Lipinski definition) is 2. The summed E-state index contributed by atoms with van der Waals surface area (Å²) in [4.78, 5) is 0. The fourth-order valence-electron chi connectivity index (χ4n) is 2.62. The first-order chi connectivity index (χ1) is 8.05. The summed E-state index contributed by atoms with van der Waals surface area (Å²) in [6.07, 6.45) is -3.71. The molecule has 0 spiro atoms. The van der Waals surface area contributed by atoms with Crippen molar-refractivity contribution in [2.75, 3.05) is 13.2 Å². The lowest BCUT2D eigenvalue weighted by Crippen LogP contribution is -2.39. The van der Waals surface area contributed by atoms with Crippen LogP contribution in [0.5, 0.6) is 0 Å². The number of benzene rings is 1. The Morgan fingerprint density at radius 1 is 1.29 bits per heavy atom. The minimum absolute atomic E-state index is 0.0118. The monoisotopic (exact) mass is 243 g/mol. The molecule has 0 bridgehead atoms. The standard InChI is InChI=1S/C12H12F3NO/c13-12(14,15)8-1-2-9-7(5-8)6-10-11(9)16-3-4-17-10/h1-2,5,10-11,16H,3-4,6H2/t10-,11+/m1/s1. The first-order valence-electron chi connectivity index (χ1n) is 5.61. The minimum Gasteiger partial charge on any atom is -0.375 e. The molecule has 1 aromatic rings. The summed E-state index contributed by atoms with van der Waals surface area (Å²) < 4.78 is 43.3. The zero-order chi connectivity index (χ0) is 12.0. The molecule has 1 fully saturated rings. The molecule has 0 aromatic heterocycles. The van der Waals surface area contributed by atoms with Crippen molar-refractivity contribution in [3.05, 3.63) is 34.9 Å². The van der Waals surface area contributed by atoms with Crippen LogP contribution in [-0.4, -0.2) is 19.3 Å². The first kappa shape index (κ1) is 11.0. The van der Waals surface area contributed by atoms with E-state index in [4.69, 9.17) is 4.74 Å². The Bertz CT molecular complexity index is 444. The van der Waals surface area contributed by atoms with Crippen molar-refractivity contribution in [3.63, 3.8) is 0 Å². The summed E-state index contributed by atoms with van der Waals surface area (Å²) in [6, 6.07) is 4.03. The van der Waals surface area contributed by atoms with Gasteiger partial charge in [-0.2, -0.15) is 13.2 Å². The van der Waals surface area contributed by atoms with E-state index in [-0.39, 0.29) is 12.1 Å². The van der Waals surface area contributed by atoms with Crippen LogP contribution >= 0.6 is 0 Å². The van der Waals surface area contributed by atoms with Gasteiger partial charge in [-0.05, 0) is 23.3 Å². The average molecular weight is 243 g/mol. The van der Waals surface area contributed by atoms with Crippen LogP contribution in [0.15, 0.2) is 18.2 Å². The molecule has 0 unspecified atom stereocenters. The van der Waals surface area contributed by atoms with Gasteiger partial charge in [-0.15, -0.1) is 0 Å². The molecule has 0 saturated carbocycles. The minimum atomic E-state index is -4.27. The second kappa shape index (κ2) is 3.71. The Balaban J connectivity index is 1.97. The summed E-state index contributed by atoms with van der Waals surface area (Å²) in [5.41, 5.74) is 1.13. The third-order valence-corrected chi connectivity index (χ3v) is 3.40. The zero-order valence-corrected chi connectivity index (χ0v) is 9.05. The number of halogens is 3. The molecule has 2 atom stereocenters. The molecule has 3 rings (SSSR count). The predicted octanol–water partition coefficient (Wildman–Crippen LogP) is 2.29. The molecule has 2 nitrogen and oxygen atoms in total. The van der Waals surface area contributed by atoms with E-state index in [0.29, 0.717) is 13.0 Å². The van der Waals surface area contributed by atoms with E-state index >= 15 is 0 Å². The summed E-state index contributed by atoms with van der Waals surface area (Å²) in [7, 11) is 0. The Morgan fingerprint density at radius 3 is 2.88 bits per heavy atom. The van der Waals surface area contributed by atoms with Gasteiger partial charge in [-0.25, -0.2) is 0 Å². The van der Waals surface area contributed by atoms with E-state index in [1.165, 1.54) is 6.07 Å². The highest BCUT2D eigenvalue weighted by atomic mass is 19.4. The molecule has 1 aliphatic carbocycles. The second-order valence-electron chi connectivity index (χ2n) is 4.46. The van der Waals surface area contributed by atoms with Gasteiger partial charge in [-0.1, -0.05) is 6.07 Å². The summed E-state index contributed by atoms with van der Waals surface area (Å²) in [5, 5.41) is 3.29. The molecule has 0 radical (unpaired) electrons. The van der Waals surface area contributed by atoms with Crippen LogP contribution in [0.2, 0.25) is 0 Å². The summed E-state index contributed by atoms with van der Waals surface area (Å²) >= 11 is 0. The second-order valence-corrected chi connectivity index (χ2v) is 4.46. The molecular formula is C12H12F3NO. The lowest BCUT2D eigenvalue weighted by Gasteiger charge is -2.27. The number of nitrogens with one attached hydrogen (secondary N) is 1. The summed E-state index contributed by atoms with van der Waals surface area (Å²) in [6.45, 7) is 1.38. The highest BCUT2D eigenvalue weighted by Crippen LogP contribution is 2.38. The van der Waals surface area contributed by atoms with E-state index in [1.807, 2.05) is 0 Å². The molecule has 1 heterocycles. The average Bonchev–Trinajstić information content (AvgIpc) is 2.65.